The predicted molar refractivity (Wildman–Crippen MR) is 52.8 cm³/mol. The normalized spacial score (nSPS) is 9.42. The van der Waals surface area contributed by atoms with Gasteiger partial charge in [0.15, 0.2) is 0 Å². The fourth-order valence-corrected chi connectivity index (χ4v) is 1.89. The molecule has 0 saturated heterocycles. The highest BCUT2D eigenvalue weighted by Gasteiger charge is 2.07. The average molecular weight is 291 g/mol. The zero-order valence-electron chi connectivity index (χ0n) is 6.01. The van der Waals surface area contributed by atoms with Gasteiger partial charge >= 0.3 is 0 Å². The number of halogens is 2. The van der Waals surface area contributed by atoms with Crippen LogP contribution in [0.1, 0.15) is 5.56 Å². The Labute approximate surface area is 87.1 Å². The van der Waals surface area contributed by atoms with Crippen molar-refractivity contribution < 1.29 is 5.11 Å². The number of phenolic OH excluding ortho intramolecular Hbond substituents is 1. The highest BCUT2D eigenvalue weighted by molar-refractivity contribution is 9.11. The van der Waals surface area contributed by atoms with E-state index >= 15 is 0 Å². The van der Waals surface area contributed by atoms with Gasteiger partial charge in [0.1, 0.15) is 5.75 Å². The van der Waals surface area contributed by atoms with Crippen LogP contribution in [-0.4, -0.2) is 5.11 Å². The Balaban J connectivity index is 3.19. The van der Waals surface area contributed by atoms with E-state index in [1.54, 1.807) is 12.1 Å². The lowest BCUT2D eigenvalue weighted by Gasteiger charge is -2.03. The number of nitriles is 1. The van der Waals surface area contributed by atoms with Crippen LogP contribution in [-0.2, 0) is 6.42 Å². The molecule has 1 N–H and O–H groups in total. The van der Waals surface area contributed by atoms with Gasteiger partial charge in [-0.25, -0.2) is 0 Å². The zero-order chi connectivity index (χ0) is 9.14. The number of benzene rings is 1. The summed E-state index contributed by atoms with van der Waals surface area (Å²) >= 11 is 6.37. The van der Waals surface area contributed by atoms with Crippen LogP contribution in [0.25, 0.3) is 0 Å². The molecule has 4 heteroatoms. The molecule has 12 heavy (non-hydrogen) atoms. The van der Waals surface area contributed by atoms with Crippen molar-refractivity contribution in [2.24, 2.45) is 0 Å². The van der Waals surface area contributed by atoms with Gasteiger partial charge in [0, 0.05) is 0 Å². The SMILES string of the molecule is N#CCc1ccc(Br)c(O)c1Br. The van der Waals surface area contributed by atoms with E-state index in [1.807, 2.05) is 6.07 Å². The molecule has 1 rings (SSSR count). The number of aromatic hydroxyl groups is 1. The summed E-state index contributed by atoms with van der Waals surface area (Å²) in [5.41, 5.74) is 0.790. The van der Waals surface area contributed by atoms with Gasteiger partial charge in [-0.3, -0.25) is 0 Å². The lowest BCUT2D eigenvalue weighted by atomic mass is 10.1. The van der Waals surface area contributed by atoms with E-state index in [-0.39, 0.29) is 5.75 Å². The van der Waals surface area contributed by atoms with Gasteiger partial charge in [0.25, 0.3) is 0 Å². The first-order valence-electron chi connectivity index (χ1n) is 3.19. The van der Waals surface area contributed by atoms with E-state index in [4.69, 9.17) is 5.26 Å². The second-order valence-electron chi connectivity index (χ2n) is 2.20. The summed E-state index contributed by atoms with van der Waals surface area (Å²) in [7, 11) is 0. The molecule has 2 nitrogen and oxygen atoms in total. The van der Waals surface area contributed by atoms with E-state index in [0.29, 0.717) is 15.4 Å². The van der Waals surface area contributed by atoms with Crippen LogP contribution < -0.4 is 0 Å². The van der Waals surface area contributed by atoms with Crippen molar-refractivity contribution in [2.45, 2.75) is 6.42 Å². The second-order valence-corrected chi connectivity index (χ2v) is 3.85. The minimum Gasteiger partial charge on any atom is -0.506 e. The Morgan fingerprint density at radius 1 is 1.42 bits per heavy atom. The predicted octanol–water partition coefficient (Wildman–Crippen LogP) is 2.98. The molecule has 0 heterocycles. The Kier molecular flexibility index (Phi) is 3.12. The first-order chi connectivity index (χ1) is 5.66. The third-order valence-corrected chi connectivity index (χ3v) is 2.94. The van der Waals surface area contributed by atoms with Gasteiger partial charge in [-0.15, -0.1) is 0 Å². The van der Waals surface area contributed by atoms with Gasteiger partial charge < -0.3 is 5.11 Å². The molecular weight excluding hydrogens is 286 g/mol. The quantitative estimate of drug-likeness (QED) is 0.864. The molecule has 1 aromatic rings. The standard InChI is InChI=1S/C8H5Br2NO/c9-6-2-1-5(3-4-11)7(10)8(6)12/h1-2,12H,3H2. The van der Waals surface area contributed by atoms with Crippen LogP contribution >= 0.6 is 31.9 Å². The van der Waals surface area contributed by atoms with Crippen molar-refractivity contribution in [3.05, 3.63) is 26.6 Å². The van der Waals surface area contributed by atoms with Crippen LogP contribution in [0.5, 0.6) is 5.75 Å². The topological polar surface area (TPSA) is 44.0 Å². The summed E-state index contributed by atoms with van der Waals surface area (Å²) in [5.74, 6) is 0.141. The number of hydrogen-bond donors (Lipinski definition) is 1. The number of hydrogen-bond acceptors (Lipinski definition) is 2. The fourth-order valence-electron chi connectivity index (χ4n) is 0.804. The summed E-state index contributed by atoms with van der Waals surface area (Å²) in [6.45, 7) is 0. The highest BCUT2D eigenvalue weighted by Crippen LogP contribution is 2.34. The maximum atomic E-state index is 9.41. The molecule has 1 aromatic carbocycles. The maximum absolute atomic E-state index is 9.41. The minimum atomic E-state index is 0.141. The fraction of sp³-hybridized carbons (Fsp3) is 0.125. The van der Waals surface area contributed by atoms with Gasteiger partial charge in [0.05, 0.1) is 21.4 Å². The molecule has 0 bridgehead atoms. The van der Waals surface area contributed by atoms with Gasteiger partial charge in [-0.2, -0.15) is 5.26 Å². The summed E-state index contributed by atoms with van der Waals surface area (Å²) in [5, 5.41) is 17.9. The molecule has 0 amide bonds. The average Bonchev–Trinajstić information content (AvgIpc) is 2.07. The van der Waals surface area contributed by atoms with Crippen molar-refractivity contribution in [1.29, 1.82) is 5.26 Å². The Hall–Kier alpha value is -0.530. The molecule has 0 spiro atoms. The van der Waals surface area contributed by atoms with Crippen molar-refractivity contribution >= 4 is 31.9 Å². The minimum absolute atomic E-state index is 0.141. The summed E-state index contributed by atoms with van der Waals surface area (Å²) in [4.78, 5) is 0. The van der Waals surface area contributed by atoms with E-state index < -0.39 is 0 Å². The zero-order valence-corrected chi connectivity index (χ0v) is 9.18. The van der Waals surface area contributed by atoms with Crippen molar-refractivity contribution in [1.82, 2.24) is 0 Å². The molecule has 0 atom stereocenters. The largest absolute Gasteiger partial charge is 0.506 e. The highest BCUT2D eigenvalue weighted by atomic mass is 79.9. The number of rotatable bonds is 1. The molecule has 0 saturated carbocycles. The monoisotopic (exact) mass is 289 g/mol. The Morgan fingerprint density at radius 3 is 2.67 bits per heavy atom. The molecule has 0 aliphatic carbocycles. The molecule has 0 aliphatic heterocycles. The molecule has 0 radical (unpaired) electrons. The summed E-state index contributed by atoms with van der Waals surface area (Å²) < 4.78 is 1.20. The van der Waals surface area contributed by atoms with Crippen molar-refractivity contribution in [3.8, 4) is 11.8 Å². The third-order valence-electron chi connectivity index (χ3n) is 1.42. The van der Waals surface area contributed by atoms with E-state index in [0.717, 1.165) is 5.56 Å². The molecule has 0 aromatic heterocycles. The first-order valence-corrected chi connectivity index (χ1v) is 4.78. The van der Waals surface area contributed by atoms with Crippen molar-refractivity contribution in [2.75, 3.05) is 0 Å². The Bertz CT molecular complexity index is 344. The maximum Gasteiger partial charge on any atom is 0.144 e. The van der Waals surface area contributed by atoms with Crippen LogP contribution in [0.15, 0.2) is 21.1 Å². The van der Waals surface area contributed by atoms with Crippen LogP contribution in [0.3, 0.4) is 0 Å². The van der Waals surface area contributed by atoms with Gasteiger partial charge in [-0.05, 0) is 43.5 Å². The van der Waals surface area contributed by atoms with E-state index in [9.17, 15) is 5.11 Å². The number of phenols is 1. The van der Waals surface area contributed by atoms with Crippen molar-refractivity contribution in [3.63, 3.8) is 0 Å². The van der Waals surface area contributed by atoms with Gasteiger partial charge in [-0.1, -0.05) is 6.07 Å². The third kappa shape index (κ3) is 1.79. The van der Waals surface area contributed by atoms with Crippen LogP contribution in [0.2, 0.25) is 0 Å². The first kappa shape index (κ1) is 9.56. The molecule has 0 fully saturated rings. The lowest BCUT2D eigenvalue weighted by molar-refractivity contribution is 0.468. The van der Waals surface area contributed by atoms with Crippen LogP contribution in [0.4, 0.5) is 0 Å². The van der Waals surface area contributed by atoms with Gasteiger partial charge in [0.2, 0.25) is 0 Å². The lowest BCUT2D eigenvalue weighted by Crippen LogP contribution is -1.84. The number of nitrogens with zero attached hydrogens (tertiary/aromatic N) is 1. The molecule has 0 unspecified atom stereocenters. The summed E-state index contributed by atoms with van der Waals surface area (Å²) in [6, 6.07) is 5.52. The smallest absolute Gasteiger partial charge is 0.144 e. The molecule has 0 aliphatic rings. The van der Waals surface area contributed by atoms with E-state index in [1.165, 1.54) is 0 Å². The second kappa shape index (κ2) is 3.92. The van der Waals surface area contributed by atoms with Crippen LogP contribution in [0, 0.1) is 11.3 Å². The van der Waals surface area contributed by atoms with E-state index in [2.05, 4.69) is 31.9 Å². The summed E-state index contributed by atoms with van der Waals surface area (Å²) in [6.07, 6.45) is 0.293. The molecule has 62 valence electrons. The molecular formula is C8H5Br2NO. The Morgan fingerprint density at radius 2 is 2.08 bits per heavy atom.